The van der Waals surface area contributed by atoms with E-state index in [0.29, 0.717) is 26.9 Å². The Hall–Kier alpha value is -3.24. The van der Waals surface area contributed by atoms with Crippen molar-refractivity contribution in [2.24, 2.45) is 4.99 Å². The summed E-state index contributed by atoms with van der Waals surface area (Å²) in [5.41, 5.74) is 1.29. The number of rotatable bonds is 2. The van der Waals surface area contributed by atoms with Crippen LogP contribution in [-0.4, -0.2) is 21.3 Å². The van der Waals surface area contributed by atoms with E-state index in [0.717, 1.165) is 11.8 Å². The molecule has 1 aliphatic rings. The Balaban J connectivity index is 1.90. The second-order valence-corrected chi connectivity index (χ2v) is 5.88. The molecule has 7 heteroatoms. The number of nitriles is 1. The van der Waals surface area contributed by atoms with Crippen molar-refractivity contribution in [2.75, 3.05) is 0 Å². The van der Waals surface area contributed by atoms with Crippen LogP contribution in [0.5, 0.6) is 11.5 Å². The zero-order valence-corrected chi connectivity index (χ0v) is 13.0. The van der Waals surface area contributed by atoms with Crippen LogP contribution in [0.2, 0.25) is 0 Å². The lowest BCUT2D eigenvalue weighted by molar-refractivity contribution is -0.115. The van der Waals surface area contributed by atoms with E-state index in [-0.39, 0.29) is 17.4 Å². The van der Waals surface area contributed by atoms with E-state index in [4.69, 9.17) is 5.26 Å². The first kappa shape index (κ1) is 15.6. The fourth-order valence-electron chi connectivity index (χ4n) is 2.05. The van der Waals surface area contributed by atoms with Crippen molar-refractivity contribution in [2.45, 2.75) is 0 Å². The molecule has 6 nitrogen and oxygen atoms in total. The quantitative estimate of drug-likeness (QED) is 0.731. The van der Waals surface area contributed by atoms with E-state index < -0.39 is 0 Å². The lowest BCUT2D eigenvalue weighted by Crippen LogP contribution is -2.19. The summed E-state index contributed by atoms with van der Waals surface area (Å²) in [5, 5.41) is 31.1. The van der Waals surface area contributed by atoms with Crippen LogP contribution in [-0.2, 0) is 4.79 Å². The number of hydrogen-bond acceptors (Lipinski definition) is 6. The number of phenolic OH excluding ortho intramolecular Hbond substituents is 2. The van der Waals surface area contributed by atoms with E-state index in [2.05, 4.69) is 10.3 Å². The maximum absolute atomic E-state index is 12.0. The van der Waals surface area contributed by atoms with E-state index in [1.807, 2.05) is 6.07 Å². The van der Waals surface area contributed by atoms with Crippen LogP contribution in [0, 0.1) is 11.3 Å². The summed E-state index contributed by atoms with van der Waals surface area (Å²) in [7, 11) is 0. The third-order valence-corrected chi connectivity index (χ3v) is 4.11. The van der Waals surface area contributed by atoms with Gasteiger partial charge in [0.05, 0.1) is 16.2 Å². The summed E-state index contributed by atoms with van der Waals surface area (Å²) in [6.45, 7) is 0. The number of hydrogen-bond donors (Lipinski definition) is 3. The topological polar surface area (TPSA) is 106 Å². The Morgan fingerprint density at radius 2 is 2.00 bits per heavy atom. The van der Waals surface area contributed by atoms with Gasteiger partial charge >= 0.3 is 0 Å². The SMILES string of the molecule is N#Cc1ccccc1N=C1NC(=O)/C(=C/c2ccc(O)cc2O)S1. The Labute approximate surface area is 141 Å². The molecule has 1 saturated heterocycles. The first-order valence-corrected chi connectivity index (χ1v) is 7.69. The van der Waals surface area contributed by atoms with Crippen LogP contribution in [0.4, 0.5) is 5.69 Å². The molecule has 0 saturated carbocycles. The molecule has 0 aliphatic carbocycles. The van der Waals surface area contributed by atoms with Gasteiger partial charge in [0.25, 0.3) is 5.91 Å². The third kappa shape index (κ3) is 3.24. The first-order chi connectivity index (χ1) is 11.6. The zero-order chi connectivity index (χ0) is 17.1. The normalized spacial score (nSPS) is 17.0. The lowest BCUT2D eigenvalue weighted by Gasteiger charge is -2.00. The van der Waals surface area contributed by atoms with Crippen molar-refractivity contribution < 1.29 is 15.0 Å². The van der Waals surface area contributed by atoms with Crippen molar-refractivity contribution in [3.8, 4) is 17.6 Å². The Morgan fingerprint density at radius 3 is 2.75 bits per heavy atom. The van der Waals surface area contributed by atoms with Gasteiger partial charge < -0.3 is 15.5 Å². The fourth-order valence-corrected chi connectivity index (χ4v) is 2.88. The highest BCUT2D eigenvalue weighted by Gasteiger charge is 2.24. The molecular formula is C17H11N3O3S. The molecule has 0 aromatic heterocycles. The van der Waals surface area contributed by atoms with Crippen molar-refractivity contribution in [3.05, 3.63) is 58.5 Å². The zero-order valence-electron chi connectivity index (χ0n) is 12.2. The number of aromatic hydroxyl groups is 2. The number of para-hydroxylation sites is 1. The maximum Gasteiger partial charge on any atom is 0.264 e. The molecule has 0 atom stereocenters. The molecule has 3 rings (SSSR count). The van der Waals surface area contributed by atoms with Crippen molar-refractivity contribution in [1.82, 2.24) is 5.32 Å². The van der Waals surface area contributed by atoms with Crippen LogP contribution >= 0.6 is 11.8 Å². The highest BCUT2D eigenvalue weighted by Crippen LogP contribution is 2.32. The molecule has 118 valence electrons. The Kier molecular flexibility index (Phi) is 4.22. The highest BCUT2D eigenvalue weighted by molar-refractivity contribution is 8.18. The molecule has 3 N–H and O–H groups in total. The number of carbonyl (C=O) groups is 1. The Bertz CT molecular complexity index is 929. The molecule has 1 amide bonds. The van der Waals surface area contributed by atoms with Gasteiger partial charge in [-0.25, -0.2) is 4.99 Å². The van der Waals surface area contributed by atoms with Gasteiger partial charge in [-0.15, -0.1) is 0 Å². The van der Waals surface area contributed by atoms with Gasteiger partial charge in [-0.2, -0.15) is 5.26 Å². The van der Waals surface area contributed by atoms with Crippen molar-refractivity contribution in [3.63, 3.8) is 0 Å². The van der Waals surface area contributed by atoms with E-state index >= 15 is 0 Å². The van der Waals surface area contributed by atoms with Crippen molar-refractivity contribution >= 4 is 34.6 Å². The molecule has 24 heavy (non-hydrogen) atoms. The fraction of sp³-hybridized carbons (Fsp3) is 0. The number of carbonyl (C=O) groups excluding carboxylic acids is 1. The van der Waals surface area contributed by atoms with E-state index in [1.54, 1.807) is 24.3 Å². The van der Waals surface area contributed by atoms with Crippen LogP contribution in [0.15, 0.2) is 52.4 Å². The summed E-state index contributed by atoms with van der Waals surface area (Å²) < 4.78 is 0. The minimum atomic E-state index is -0.347. The summed E-state index contributed by atoms with van der Waals surface area (Å²) in [6.07, 6.45) is 1.51. The molecule has 0 unspecified atom stereocenters. The average molecular weight is 337 g/mol. The number of nitrogens with one attached hydrogen (secondary N) is 1. The number of amides is 1. The van der Waals surface area contributed by atoms with Gasteiger partial charge in [-0.1, -0.05) is 12.1 Å². The molecule has 1 heterocycles. The number of thioether (sulfide) groups is 1. The third-order valence-electron chi connectivity index (χ3n) is 3.20. The van der Waals surface area contributed by atoms with Gasteiger partial charge in [-0.3, -0.25) is 4.79 Å². The molecule has 1 fully saturated rings. The van der Waals surface area contributed by atoms with E-state index in [1.165, 1.54) is 24.3 Å². The largest absolute Gasteiger partial charge is 0.508 e. The highest BCUT2D eigenvalue weighted by atomic mass is 32.2. The first-order valence-electron chi connectivity index (χ1n) is 6.87. The molecule has 1 aliphatic heterocycles. The molecular weight excluding hydrogens is 326 g/mol. The van der Waals surface area contributed by atoms with Gasteiger partial charge in [0, 0.05) is 11.6 Å². The predicted octanol–water partition coefficient (Wildman–Crippen LogP) is 2.86. The minimum Gasteiger partial charge on any atom is -0.508 e. The number of aliphatic imine (C=N–C) groups is 1. The summed E-state index contributed by atoms with van der Waals surface area (Å²) >= 11 is 1.11. The average Bonchev–Trinajstić information content (AvgIpc) is 2.90. The predicted molar refractivity (Wildman–Crippen MR) is 91.7 cm³/mol. The molecule has 2 aromatic carbocycles. The van der Waals surface area contributed by atoms with E-state index in [9.17, 15) is 15.0 Å². The number of amidine groups is 1. The monoisotopic (exact) mass is 337 g/mol. The second kappa shape index (κ2) is 6.48. The second-order valence-electron chi connectivity index (χ2n) is 4.85. The standard InChI is InChI=1S/C17H11N3O3S/c18-9-11-3-1-2-4-13(11)19-17-20-16(23)15(24-17)7-10-5-6-12(21)8-14(10)22/h1-8,21-22H,(H,19,20,23)/b15-7-. The molecule has 0 bridgehead atoms. The van der Waals surface area contributed by atoms with Crippen LogP contribution in [0.3, 0.4) is 0 Å². The summed E-state index contributed by atoms with van der Waals surface area (Å²) in [6, 6.07) is 13.0. The summed E-state index contributed by atoms with van der Waals surface area (Å²) in [4.78, 5) is 16.7. The Morgan fingerprint density at radius 1 is 1.21 bits per heavy atom. The number of phenols is 2. The van der Waals surface area contributed by atoms with Gasteiger partial charge in [0.15, 0.2) is 5.17 Å². The van der Waals surface area contributed by atoms with Gasteiger partial charge in [0.1, 0.15) is 17.6 Å². The van der Waals surface area contributed by atoms with Crippen molar-refractivity contribution in [1.29, 1.82) is 5.26 Å². The van der Waals surface area contributed by atoms with Crippen LogP contribution in [0.25, 0.3) is 6.08 Å². The van der Waals surface area contributed by atoms with Crippen LogP contribution < -0.4 is 5.32 Å². The molecule has 0 radical (unpaired) electrons. The smallest absolute Gasteiger partial charge is 0.264 e. The lowest BCUT2D eigenvalue weighted by atomic mass is 10.2. The number of nitrogens with zero attached hydrogens (tertiary/aromatic N) is 2. The summed E-state index contributed by atoms with van der Waals surface area (Å²) in [5.74, 6) is -0.537. The van der Waals surface area contributed by atoms with Gasteiger partial charge in [-0.05, 0) is 42.1 Å². The molecule has 0 spiro atoms. The molecule has 2 aromatic rings. The van der Waals surface area contributed by atoms with Gasteiger partial charge in [0.2, 0.25) is 0 Å². The maximum atomic E-state index is 12.0. The number of benzene rings is 2. The van der Waals surface area contributed by atoms with Crippen LogP contribution in [0.1, 0.15) is 11.1 Å². The minimum absolute atomic E-state index is 0.0615.